The Balaban J connectivity index is 2.36. The summed E-state index contributed by atoms with van der Waals surface area (Å²) in [7, 11) is 1.60. The second-order valence-corrected chi connectivity index (χ2v) is 4.75. The minimum Gasteiger partial charge on any atom is -0.497 e. The number of methoxy groups -OCH3 is 1. The van der Waals surface area contributed by atoms with E-state index < -0.39 is 0 Å². The molecule has 0 heterocycles. The number of nitrogen functional groups attached to an aromatic ring is 1. The Morgan fingerprint density at radius 1 is 1.16 bits per heavy atom. The van der Waals surface area contributed by atoms with E-state index in [2.05, 4.69) is 15.9 Å². The number of hydrogen-bond donors (Lipinski definition) is 2. The highest BCUT2D eigenvalue weighted by Crippen LogP contribution is 2.30. The topological polar surface area (TPSA) is 68.3 Å². The molecule has 0 unspecified atom stereocenters. The van der Waals surface area contributed by atoms with Crippen LogP contribution in [-0.2, 0) is 0 Å². The molecule has 0 aromatic heterocycles. The van der Waals surface area contributed by atoms with Crippen LogP contribution in [0, 0.1) is 5.41 Å². The molecule has 0 atom stereocenters. The van der Waals surface area contributed by atoms with Gasteiger partial charge in [0.1, 0.15) is 23.1 Å². The number of amidine groups is 1. The zero-order chi connectivity index (χ0) is 13.8. The van der Waals surface area contributed by atoms with E-state index in [0.29, 0.717) is 22.8 Å². The summed E-state index contributed by atoms with van der Waals surface area (Å²) in [5.74, 6) is 1.82. The third-order valence-electron chi connectivity index (χ3n) is 2.50. The van der Waals surface area contributed by atoms with Gasteiger partial charge >= 0.3 is 0 Å². The SMILES string of the molecule is COc1cccc(Oc2cc(Br)ccc2C(=N)N)c1. The summed E-state index contributed by atoms with van der Waals surface area (Å²) in [5.41, 5.74) is 6.08. The number of hydrogen-bond acceptors (Lipinski definition) is 3. The van der Waals surface area contributed by atoms with Crippen LogP contribution < -0.4 is 15.2 Å². The molecule has 0 bridgehead atoms. The average molecular weight is 321 g/mol. The lowest BCUT2D eigenvalue weighted by molar-refractivity contribution is 0.409. The Kier molecular flexibility index (Phi) is 4.06. The fourth-order valence-corrected chi connectivity index (χ4v) is 1.93. The van der Waals surface area contributed by atoms with E-state index in [4.69, 9.17) is 20.6 Å². The van der Waals surface area contributed by atoms with Gasteiger partial charge in [0.05, 0.1) is 12.7 Å². The molecule has 0 aliphatic heterocycles. The Morgan fingerprint density at radius 2 is 1.89 bits per heavy atom. The number of benzene rings is 2. The first-order valence-electron chi connectivity index (χ1n) is 5.56. The lowest BCUT2D eigenvalue weighted by Gasteiger charge is -2.11. The largest absolute Gasteiger partial charge is 0.497 e. The molecule has 4 nitrogen and oxygen atoms in total. The number of rotatable bonds is 4. The van der Waals surface area contributed by atoms with Crippen molar-refractivity contribution in [2.75, 3.05) is 7.11 Å². The maximum atomic E-state index is 7.55. The molecule has 2 rings (SSSR count). The van der Waals surface area contributed by atoms with Gasteiger partial charge in [-0.3, -0.25) is 5.41 Å². The van der Waals surface area contributed by atoms with Crippen LogP contribution in [0.1, 0.15) is 5.56 Å². The molecule has 0 fully saturated rings. The molecule has 0 saturated carbocycles. The summed E-state index contributed by atoms with van der Waals surface area (Å²) in [6, 6.07) is 12.6. The Bertz CT molecular complexity index is 614. The zero-order valence-corrected chi connectivity index (χ0v) is 11.9. The first-order valence-corrected chi connectivity index (χ1v) is 6.35. The summed E-state index contributed by atoms with van der Waals surface area (Å²) in [6.45, 7) is 0. The van der Waals surface area contributed by atoms with Gasteiger partial charge in [0.15, 0.2) is 0 Å². The van der Waals surface area contributed by atoms with Crippen molar-refractivity contribution in [2.45, 2.75) is 0 Å². The predicted molar refractivity (Wildman–Crippen MR) is 78.2 cm³/mol. The van der Waals surface area contributed by atoms with Crippen molar-refractivity contribution in [3.05, 3.63) is 52.5 Å². The summed E-state index contributed by atoms with van der Waals surface area (Å²) in [4.78, 5) is 0. The van der Waals surface area contributed by atoms with Crippen LogP contribution in [0.2, 0.25) is 0 Å². The van der Waals surface area contributed by atoms with Crippen molar-refractivity contribution >= 4 is 21.8 Å². The molecule has 0 aliphatic carbocycles. The predicted octanol–water partition coefficient (Wildman–Crippen LogP) is 3.53. The molecule has 0 saturated heterocycles. The van der Waals surface area contributed by atoms with Crippen LogP contribution >= 0.6 is 15.9 Å². The summed E-state index contributed by atoms with van der Waals surface area (Å²) in [5, 5.41) is 7.55. The molecule has 5 heteroatoms. The normalized spacial score (nSPS) is 10.0. The van der Waals surface area contributed by atoms with Crippen molar-refractivity contribution in [2.24, 2.45) is 5.73 Å². The van der Waals surface area contributed by atoms with Crippen LogP contribution in [0.5, 0.6) is 17.2 Å². The summed E-state index contributed by atoms with van der Waals surface area (Å²) in [6.07, 6.45) is 0. The lowest BCUT2D eigenvalue weighted by Crippen LogP contribution is -2.12. The summed E-state index contributed by atoms with van der Waals surface area (Å²) < 4.78 is 11.8. The van der Waals surface area contributed by atoms with E-state index in [1.54, 1.807) is 25.3 Å². The lowest BCUT2D eigenvalue weighted by atomic mass is 10.2. The molecule has 0 aliphatic rings. The van der Waals surface area contributed by atoms with Crippen molar-refractivity contribution in [3.8, 4) is 17.2 Å². The highest BCUT2D eigenvalue weighted by molar-refractivity contribution is 9.10. The third kappa shape index (κ3) is 3.26. The van der Waals surface area contributed by atoms with Gasteiger partial charge < -0.3 is 15.2 Å². The highest BCUT2D eigenvalue weighted by Gasteiger charge is 2.09. The zero-order valence-electron chi connectivity index (χ0n) is 10.3. The summed E-state index contributed by atoms with van der Waals surface area (Å²) >= 11 is 3.37. The fraction of sp³-hybridized carbons (Fsp3) is 0.0714. The first kappa shape index (κ1) is 13.4. The Labute approximate surface area is 119 Å². The van der Waals surface area contributed by atoms with E-state index in [9.17, 15) is 0 Å². The fourth-order valence-electron chi connectivity index (χ4n) is 1.59. The van der Waals surface area contributed by atoms with Crippen molar-refractivity contribution in [1.29, 1.82) is 5.41 Å². The minimum absolute atomic E-state index is 0.0367. The molecule has 0 radical (unpaired) electrons. The number of nitrogens with two attached hydrogens (primary N) is 1. The van der Waals surface area contributed by atoms with Crippen LogP contribution in [0.15, 0.2) is 46.9 Å². The molecule has 2 aromatic carbocycles. The van der Waals surface area contributed by atoms with Gasteiger partial charge in [-0.1, -0.05) is 22.0 Å². The van der Waals surface area contributed by atoms with Gasteiger partial charge in [-0.15, -0.1) is 0 Å². The van der Waals surface area contributed by atoms with E-state index in [1.807, 2.05) is 24.3 Å². The van der Waals surface area contributed by atoms with Crippen molar-refractivity contribution in [1.82, 2.24) is 0 Å². The van der Waals surface area contributed by atoms with Crippen LogP contribution in [0.3, 0.4) is 0 Å². The van der Waals surface area contributed by atoms with E-state index >= 15 is 0 Å². The van der Waals surface area contributed by atoms with Crippen LogP contribution in [0.4, 0.5) is 0 Å². The maximum Gasteiger partial charge on any atom is 0.139 e. The molecular formula is C14H13BrN2O2. The number of ether oxygens (including phenoxy) is 2. The second-order valence-electron chi connectivity index (χ2n) is 3.84. The highest BCUT2D eigenvalue weighted by atomic mass is 79.9. The van der Waals surface area contributed by atoms with Gasteiger partial charge in [-0.05, 0) is 30.3 Å². The van der Waals surface area contributed by atoms with E-state index in [0.717, 1.165) is 4.47 Å². The van der Waals surface area contributed by atoms with Gasteiger partial charge in [0.25, 0.3) is 0 Å². The molecule has 0 spiro atoms. The quantitative estimate of drug-likeness (QED) is 0.668. The number of nitrogens with one attached hydrogen (secondary N) is 1. The maximum absolute atomic E-state index is 7.55. The molecular weight excluding hydrogens is 308 g/mol. The minimum atomic E-state index is -0.0367. The smallest absolute Gasteiger partial charge is 0.139 e. The third-order valence-corrected chi connectivity index (χ3v) is 3.00. The van der Waals surface area contributed by atoms with Crippen LogP contribution in [-0.4, -0.2) is 12.9 Å². The van der Waals surface area contributed by atoms with Gasteiger partial charge in [-0.25, -0.2) is 0 Å². The van der Waals surface area contributed by atoms with Gasteiger partial charge in [0, 0.05) is 10.5 Å². The monoisotopic (exact) mass is 320 g/mol. The second kappa shape index (κ2) is 5.75. The van der Waals surface area contributed by atoms with Crippen molar-refractivity contribution < 1.29 is 9.47 Å². The van der Waals surface area contributed by atoms with E-state index in [1.165, 1.54) is 0 Å². The number of halogens is 1. The molecule has 3 N–H and O–H groups in total. The Hall–Kier alpha value is -2.01. The molecule has 2 aromatic rings. The van der Waals surface area contributed by atoms with Crippen LogP contribution in [0.25, 0.3) is 0 Å². The molecule has 98 valence electrons. The van der Waals surface area contributed by atoms with Gasteiger partial charge in [-0.2, -0.15) is 0 Å². The standard InChI is InChI=1S/C14H13BrN2O2/c1-18-10-3-2-4-11(8-10)19-13-7-9(15)5-6-12(13)14(16)17/h2-8H,1H3,(H3,16,17). The van der Waals surface area contributed by atoms with E-state index in [-0.39, 0.29) is 5.84 Å². The average Bonchev–Trinajstić information content (AvgIpc) is 2.38. The molecule has 0 amide bonds. The van der Waals surface area contributed by atoms with Gasteiger partial charge in [0.2, 0.25) is 0 Å². The van der Waals surface area contributed by atoms with Crippen molar-refractivity contribution in [3.63, 3.8) is 0 Å². The molecule has 19 heavy (non-hydrogen) atoms. The first-order chi connectivity index (χ1) is 9.10. The Morgan fingerprint density at radius 3 is 2.58 bits per heavy atom.